The third-order valence-corrected chi connectivity index (χ3v) is 3.51. The van der Waals surface area contributed by atoms with Gasteiger partial charge in [-0.05, 0) is 31.8 Å². The largest absolute Gasteiger partial charge is 0.359 e. The van der Waals surface area contributed by atoms with Crippen LogP contribution in [0.5, 0.6) is 0 Å². The van der Waals surface area contributed by atoms with E-state index < -0.39 is 0 Å². The summed E-state index contributed by atoms with van der Waals surface area (Å²) in [7, 11) is 0. The Bertz CT molecular complexity index is 260. The minimum Gasteiger partial charge on any atom is -0.359 e. The van der Waals surface area contributed by atoms with E-state index >= 15 is 0 Å². The van der Waals surface area contributed by atoms with Crippen LogP contribution in [0.15, 0.2) is 5.38 Å². The molecule has 80 valence electrons. The Morgan fingerprint density at radius 1 is 1.64 bits per heavy atom. The number of hydrogen-bond acceptors (Lipinski definition) is 4. The van der Waals surface area contributed by atoms with Gasteiger partial charge in [0.2, 0.25) is 0 Å². The zero-order valence-corrected chi connectivity index (χ0v) is 10.7. The molecule has 1 N–H and O–H groups in total. The Morgan fingerprint density at radius 2 is 2.43 bits per heavy atom. The summed E-state index contributed by atoms with van der Waals surface area (Å²) < 4.78 is 0. The Labute approximate surface area is 94.5 Å². The van der Waals surface area contributed by atoms with E-state index in [1.165, 1.54) is 17.9 Å². The van der Waals surface area contributed by atoms with Gasteiger partial charge in [-0.2, -0.15) is 11.8 Å². The summed E-state index contributed by atoms with van der Waals surface area (Å²) in [5, 5.41) is 6.62. The number of aromatic nitrogens is 1. The first-order valence-electron chi connectivity index (χ1n) is 4.96. The van der Waals surface area contributed by atoms with Crippen molar-refractivity contribution in [1.82, 2.24) is 4.98 Å². The Kier molecular flexibility index (Phi) is 5.33. The normalized spacial score (nSPS) is 12.8. The summed E-state index contributed by atoms with van der Waals surface area (Å²) in [5.41, 5.74) is 1.19. The molecule has 1 aromatic rings. The highest BCUT2D eigenvalue weighted by atomic mass is 32.2. The van der Waals surface area contributed by atoms with Gasteiger partial charge in [-0.1, -0.05) is 6.92 Å². The second-order valence-electron chi connectivity index (χ2n) is 3.32. The maximum atomic E-state index is 4.48. The van der Waals surface area contributed by atoms with Crippen LogP contribution in [0.3, 0.4) is 0 Å². The third kappa shape index (κ3) is 3.88. The smallest absolute Gasteiger partial charge is 0.183 e. The van der Waals surface area contributed by atoms with Gasteiger partial charge in [0.15, 0.2) is 5.13 Å². The lowest BCUT2D eigenvalue weighted by Gasteiger charge is -2.11. The molecule has 0 aromatic carbocycles. The van der Waals surface area contributed by atoms with Gasteiger partial charge in [-0.3, -0.25) is 0 Å². The fraction of sp³-hybridized carbons (Fsp3) is 0.700. The molecule has 1 aromatic heterocycles. The zero-order valence-electron chi connectivity index (χ0n) is 9.04. The third-order valence-electron chi connectivity index (χ3n) is 2.04. The van der Waals surface area contributed by atoms with Gasteiger partial charge in [0, 0.05) is 11.4 Å². The van der Waals surface area contributed by atoms with Crippen LogP contribution in [0.2, 0.25) is 0 Å². The summed E-state index contributed by atoms with van der Waals surface area (Å²) >= 11 is 3.60. The number of thiazole rings is 1. The molecule has 1 atom stereocenters. The highest BCUT2D eigenvalue weighted by Crippen LogP contribution is 2.17. The quantitative estimate of drug-likeness (QED) is 0.812. The van der Waals surface area contributed by atoms with E-state index in [-0.39, 0.29) is 0 Å². The first kappa shape index (κ1) is 11.9. The van der Waals surface area contributed by atoms with Gasteiger partial charge >= 0.3 is 0 Å². The molecule has 1 unspecified atom stereocenters. The standard InChI is InChI=1S/C10H18N2S2/c1-4-9-7-14-10(12-9)11-8(2)5-6-13-3/h7-8H,4-6H2,1-3H3,(H,11,12). The van der Waals surface area contributed by atoms with E-state index in [1.807, 2.05) is 11.8 Å². The molecule has 14 heavy (non-hydrogen) atoms. The monoisotopic (exact) mass is 230 g/mol. The summed E-state index contributed by atoms with van der Waals surface area (Å²) in [6.07, 6.45) is 4.37. The molecule has 4 heteroatoms. The van der Waals surface area contributed by atoms with Crippen molar-refractivity contribution in [2.75, 3.05) is 17.3 Å². The molecule has 1 rings (SSSR count). The molecule has 0 fully saturated rings. The molecule has 0 radical (unpaired) electrons. The molecule has 0 spiro atoms. The van der Waals surface area contributed by atoms with Crippen LogP contribution < -0.4 is 5.32 Å². The molecule has 0 aliphatic heterocycles. The molecule has 0 amide bonds. The van der Waals surface area contributed by atoms with Crippen LogP contribution >= 0.6 is 23.1 Å². The number of anilines is 1. The summed E-state index contributed by atoms with van der Waals surface area (Å²) in [6.45, 7) is 4.35. The predicted molar refractivity (Wildman–Crippen MR) is 67.6 cm³/mol. The summed E-state index contributed by atoms with van der Waals surface area (Å²) in [5.74, 6) is 1.21. The van der Waals surface area contributed by atoms with Crippen LogP contribution in [0.1, 0.15) is 26.0 Å². The van der Waals surface area contributed by atoms with Crippen molar-refractivity contribution in [3.63, 3.8) is 0 Å². The fourth-order valence-electron chi connectivity index (χ4n) is 1.11. The summed E-state index contributed by atoms with van der Waals surface area (Å²) in [6, 6.07) is 0.526. The van der Waals surface area contributed by atoms with Crippen LogP contribution in [-0.4, -0.2) is 23.0 Å². The van der Waals surface area contributed by atoms with Crippen LogP contribution in [0.25, 0.3) is 0 Å². The Balaban J connectivity index is 2.35. The molecule has 0 aliphatic rings. The van der Waals surface area contributed by atoms with Crippen molar-refractivity contribution in [2.24, 2.45) is 0 Å². The summed E-state index contributed by atoms with van der Waals surface area (Å²) in [4.78, 5) is 4.48. The molecular weight excluding hydrogens is 212 g/mol. The van der Waals surface area contributed by atoms with Gasteiger partial charge < -0.3 is 5.32 Å². The second kappa shape index (κ2) is 6.30. The maximum Gasteiger partial charge on any atom is 0.183 e. The van der Waals surface area contributed by atoms with Crippen LogP contribution in [-0.2, 0) is 6.42 Å². The van der Waals surface area contributed by atoms with E-state index in [1.54, 1.807) is 11.3 Å². The number of aryl methyl sites for hydroxylation is 1. The van der Waals surface area contributed by atoms with E-state index in [0.29, 0.717) is 6.04 Å². The molecule has 0 aliphatic carbocycles. The highest BCUT2D eigenvalue weighted by Gasteiger charge is 2.04. The van der Waals surface area contributed by atoms with Crippen LogP contribution in [0, 0.1) is 0 Å². The first-order chi connectivity index (χ1) is 6.76. The molecule has 0 saturated heterocycles. The highest BCUT2D eigenvalue weighted by molar-refractivity contribution is 7.98. The lowest BCUT2D eigenvalue weighted by Crippen LogP contribution is -2.15. The Morgan fingerprint density at radius 3 is 3.00 bits per heavy atom. The molecular formula is C10H18N2S2. The van der Waals surface area contributed by atoms with Gasteiger partial charge in [-0.15, -0.1) is 11.3 Å². The zero-order chi connectivity index (χ0) is 10.4. The van der Waals surface area contributed by atoms with Gasteiger partial charge in [-0.25, -0.2) is 4.98 Å². The number of nitrogens with one attached hydrogen (secondary N) is 1. The average Bonchev–Trinajstić information content (AvgIpc) is 2.62. The van der Waals surface area contributed by atoms with Crippen molar-refractivity contribution < 1.29 is 0 Å². The molecule has 0 saturated carbocycles. The number of nitrogens with zero attached hydrogens (tertiary/aromatic N) is 1. The first-order valence-corrected chi connectivity index (χ1v) is 7.23. The fourth-order valence-corrected chi connectivity index (χ4v) is 2.61. The van der Waals surface area contributed by atoms with Crippen molar-refractivity contribution in [1.29, 1.82) is 0 Å². The molecule has 1 heterocycles. The molecule has 0 bridgehead atoms. The van der Waals surface area contributed by atoms with E-state index in [2.05, 4.69) is 35.8 Å². The minimum atomic E-state index is 0.526. The van der Waals surface area contributed by atoms with Crippen molar-refractivity contribution >= 4 is 28.2 Å². The number of thioether (sulfide) groups is 1. The second-order valence-corrected chi connectivity index (χ2v) is 5.17. The molecule has 2 nitrogen and oxygen atoms in total. The number of hydrogen-bond donors (Lipinski definition) is 1. The minimum absolute atomic E-state index is 0.526. The Hall–Kier alpha value is -0.220. The maximum absolute atomic E-state index is 4.48. The lowest BCUT2D eigenvalue weighted by atomic mass is 10.3. The SMILES string of the molecule is CCc1csc(NC(C)CCSC)n1. The van der Waals surface area contributed by atoms with E-state index in [4.69, 9.17) is 0 Å². The average molecular weight is 230 g/mol. The van der Waals surface area contributed by atoms with Gasteiger partial charge in [0.05, 0.1) is 5.69 Å². The van der Waals surface area contributed by atoms with E-state index in [9.17, 15) is 0 Å². The van der Waals surface area contributed by atoms with Gasteiger partial charge in [0.1, 0.15) is 0 Å². The van der Waals surface area contributed by atoms with Crippen molar-refractivity contribution in [3.8, 4) is 0 Å². The van der Waals surface area contributed by atoms with Crippen molar-refractivity contribution in [2.45, 2.75) is 32.7 Å². The van der Waals surface area contributed by atoms with E-state index in [0.717, 1.165) is 11.6 Å². The van der Waals surface area contributed by atoms with Crippen LogP contribution in [0.4, 0.5) is 5.13 Å². The van der Waals surface area contributed by atoms with Gasteiger partial charge in [0.25, 0.3) is 0 Å². The lowest BCUT2D eigenvalue weighted by molar-refractivity contribution is 0.770. The van der Waals surface area contributed by atoms with Crippen molar-refractivity contribution in [3.05, 3.63) is 11.1 Å². The predicted octanol–water partition coefficient (Wildman–Crippen LogP) is 3.26. The topological polar surface area (TPSA) is 24.9 Å². The number of rotatable bonds is 6.